The molecular formula is C24H23NO7. The van der Waals surface area contributed by atoms with Crippen LogP contribution in [-0.4, -0.2) is 47.9 Å². The van der Waals surface area contributed by atoms with Gasteiger partial charge in [0.25, 0.3) is 0 Å². The second-order valence-corrected chi connectivity index (χ2v) is 7.31. The Morgan fingerprint density at radius 3 is 2.44 bits per heavy atom. The Hall–Kier alpha value is -3.94. The molecule has 0 saturated carbocycles. The van der Waals surface area contributed by atoms with Gasteiger partial charge in [-0.25, -0.2) is 4.79 Å². The lowest BCUT2D eigenvalue weighted by Gasteiger charge is -2.20. The molecular weight excluding hydrogens is 414 g/mol. The summed E-state index contributed by atoms with van der Waals surface area (Å²) in [6, 6.07) is 13.4. The van der Waals surface area contributed by atoms with Crippen LogP contribution >= 0.6 is 0 Å². The van der Waals surface area contributed by atoms with Gasteiger partial charge < -0.3 is 28.6 Å². The molecule has 1 aliphatic heterocycles. The van der Waals surface area contributed by atoms with Gasteiger partial charge in [-0.05, 0) is 56.3 Å². The van der Waals surface area contributed by atoms with Crippen LogP contribution in [0.5, 0.6) is 23.0 Å². The highest BCUT2D eigenvalue weighted by Crippen LogP contribution is 2.33. The van der Waals surface area contributed by atoms with Crippen LogP contribution in [0.15, 0.2) is 48.5 Å². The van der Waals surface area contributed by atoms with Gasteiger partial charge in [-0.2, -0.15) is 0 Å². The quantitative estimate of drug-likeness (QED) is 0.447. The van der Waals surface area contributed by atoms with Crippen LogP contribution in [0.4, 0.5) is 0 Å². The number of hydrogen-bond donors (Lipinski definition) is 1. The van der Waals surface area contributed by atoms with Crippen molar-refractivity contribution in [1.82, 2.24) is 4.57 Å². The first-order chi connectivity index (χ1) is 15.4. The Labute approximate surface area is 184 Å². The molecule has 0 radical (unpaired) electrons. The average Bonchev–Trinajstić information content (AvgIpc) is 3.10. The van der Waals surface area contributed by atoms with Crippen molar-refractivity contribution >= 4 is 11.8 Å². The number of benzene rings is 2. The zero-order valence-electron chi connectivity index (χ0n) is 17.8. The van der Waals surface area contributed by atoms with Crippen LogP contribution < -0.4 is 14.2 Å². The van der Waals surface area contributed by atoms with E-state index in [-0.39, 0.29) is 24.7 Å². The van der Waals surface area contributed by atoms with Gasteiger partial charge in [0.2, 0.25) is 5.78 Å². The number of esters is 1. The fourth-order valence-electron chi connectivity index (χ4n) is 3.56. The molecule has 0 aliphatic carbocycles. The molecule has 3 aromatic rings. The van der Waals surface area contributed by atoms with Gasteiger partial charge in [0.05, 0.1) is 0 Å². The molecule has 1 aromatic heterocycles. The summed E-state index contributed by atoms with van der Waals surface area (Å²) in [4.78, 5) is 24.7. The van der Waals surface area contributed by atoms with Gasteiger partial charge in [-0.1, -0.05) is 0 Å². The summed E-state index contributed by atoms with van der Waals surface area (Å²) in [5.41, 5.74) is 2.93. The Morgan fingerprint density at radius 1 is 0.969 bits per heavy atom. The van der Waals surface area contributed by atoms with Gasteiger partial charge in [0.1, 0.15) is 24.7 Å². The summed E-state index contributed by atoms with van der Waals surface area (Å²) in [6.45, 7) is 4.03. The third-order valence-corrected chi connectivity index (χ3v) is 5.07. The summed E-state index contributed by atoms with van der Waals surface area (Å²) in [5, 5.41) is 9.26. The van der Waals surface area contributed by atoms with Gasteiger partial charge in [0.15, 0.2) is 24.7 Å². The molecule has 1 N–H and O–H groups in total. The number of aromatic nitrogens is 1. The number of carbonyl (C=O) groups is 2. The van der Waals surface area contributed by atoms with Gasteiger partial charge in [-0.3, -0.25) is 4.79 Å². The highest BCUT2D eigenvalue weighted by Gasteiger charge is 2.20. The number of Topliss-reactive ketones (excluding diaryl/α,β-unsaturated/α-hetero) is 1. The van der Waals surface area contributed by atoms with E-state index in [0.717, 1.165) is 17.1 Å². The maximum Gasteiger partial charge on any atom is 0.344 e. The van der Waals surface area contributed by atoms with Gasteiger partial charge in [-0.15, -0.1) is 0 Å². The van der Waals surface area contributed by atoms with Crippen molar-refractivity contribution in [3.63, 3.8) is 0 Å². The summed E-state index contributed by atoms with van der Waals surface area (Å²) in [6.07, 6.45) is 0. The molecule has 8 heteroatoms. The van der Waals surface area contributed by atoms with Crippen LogP contribution in [0, 0.1) is 13.8 Å². The molecule has 2 aromatic carbocycles. The van der Waals surface area contributed by atoms with Gasteiger partial charge in [0, 0.05) is 28.7 Å². The van der Waals surface area contributed by atoms with Crippen molar-refractivity contribution in [3.05, 3.63) is 65.5 Å². The minimum absolute atomic E-state index is 0.0966. The number of carbonyl (C=O) groups excluding carboxylic acids is 2. The molecule has 0 spiro atoms. The summed E-state index contributed by atoms with van der Waals surface area (Å²) < 4.78 is 23.5. The molecule has 8 nitrogen and oxygen atoms in total. The number of phenols is 1. The molecule has 4 rings (SSSR count). The largest absolute Gasteiger partial charge is 0.508 e. The zero-order valence-corrected chi connectivity index (χ0v) is 17.8. The minimum atomic E-state index is -0.660. The van der Waals surface area contributed by atoms with Crippen LogP contribution in [0.1, 0.15) is 21.7 Å². The number of hydrogen-bond acceptors (Lipinski definition) is 7. The lowest BCUT2D eigenvalue weighted by Crippen LogP contribution is -2.19. The first-order valence-electron chi connectivity index (χ1n) is 10.1. The summed E-state index contributed by atoms with van der Waals surface area (Å²) >= 11 is 0. The molecule has 1 aliphatic rings. The normalized spacial score (nSPS) is 12.3. The number of ketones is 1. The van der Waals surface area contributed by atoms with Crippen LogP contribution in [0.2, 0.25) is 0 Å². The fourth-order valence-corrected chi connectivity index (χ4v) is 3.56. The Kier molecular flexibility index (Phi) is 6.02. The Bertz CT molecular complexity index is 1150. The van der Waals surface area contributed by atoms with Crippen molar-refractivity contribution in [2.45, 2.75) is 13.8 Å². The second kappa shape index (κ2) is 9.05. The van der Waals surface area contributed by atoms with E-state index in [1.54, 1.807) is 6.07 Å². The molecule has 0 amide bonds. The van der Waals surface area contributed by atoms with Crippen molar-refractivity contribution in [2.75, 3.05) is 26.4 Å². The standard InChI is InChI=1S/C24H23NO7/c1-15-11-20(16(2)25(15)17-3-8-22-23(12-17)30-10-9-29-22)21(27)13-32-24(28)14-31-19-6-4-18(26)5-7-19/h3-8,11-12,26H,9-10,13-14H2,1-2H3. The maximum atomic E-state index is 12.7. The molecule has 0 bridgehead atoms. The number of nitrogens with zero attached hydrogens (tertiary/aromatic N) is 1. The lowest BCUT2D eigenvalue weighted by molar-refractivity contribution is -0.144. The number of fused-ring (bicyclic) bond motifs is 1. The molecule has 0 atom stereocenters. The summed E-state index contributed by atoms with van der Waals surface area (Å²) in [7, 11) is 0. The number of ether oxygens (including phenoxy) is 4. The highest BCUT2D eigenvalue weighted by molar-refractivity contribution is 5.99. The van der Waals surface area contributed by atoms with E-state index >= 15 is 0 Å². The zero-order chi connectivity index (χ0) is 22.7. The molecule has 166 valence electrons. The monoisotopic (exact) mass is 437 g/mol. The smallest absolute Gasteiger partial charge is 0.344 e. The van der Waals surface area contributed by atoms with Crippen molar-refractivity contribution in [1.29, 1.82) is 0 Å². The number of phenolic OH excluding ortho intramolecular Hbond substituents is 1. The first kappa shape index (κ1) is 21.3. The van der Waals surface area contributed by atoms with Gasteiger partial charge >= 0.3 is 5.97 Å². The highest BCUT2D eigenvalue weighted by atomic mass is 16.6. The van der Waals surface area contributed by atoms with E-state index in [9.17, 15) is 14.7 Å². The predicted molar refractivity (Wildman–Crippen MR) is 115 cm³/mol. The second-order valence-electron chi connectivity index (χ2n) is 7.31. The number of aryl methyl sites for hydroxylation is 1. The van der Waals surface area contributed by atoms with Crippen LogP contribution in [0.3, 0.4) is 0 Å². The number of aromatic hydroxyl groups is 1. The lowest BCUT2D eigenvalue weighted by atomic mass is 10.1. The van der Waals surface area contributed by atoms with Crippen molar-refractivity contribution in [3.8, 4) is 28.7 Å². The van der Waals surface area contributed by atoms with E-state index in [4.69, 9.17) is 18.9 Å². The molecule has 2 heterocycles. The molecule has 0 unspecified atom stereocenters. The van der Waals surface area contributed by atoms with E-state index < -0.39 is 5.97 Å². The first-order valence-corrected chi connectivity index (χ1v) is 10.1. The molecule has 0 fully saturated rings. The number of rotatable bonds is 7. The SMILES string of the molecule is Cc1cc(C(=O)COC(=O)COc2ccc(O)cc2)c(C)n1-c1ccc2c(c1)OCCO2. The van der Waals surface area contributed by atoms with Crippen LogP contribution in [0.25, 0.3) is 5.69 Å². The Morgan fingerprint density at radius 2 is 1.69 bits per heavy atom. The topological polar surface area (TPSA) is 96.2 Å². The predicted octanol–water partition coefficient (Wildman–Crippen LogP) is 3.38. The molecule has 0 saturated heterocycles. The average molecular weight is 437 g/mol. The van der Waals surface area contributed by atoms with Crippen molar-refractivity contribution in [2.24, 2.45) is 0 Å². The van der Waals surface area contributed by atoms with E-state index in [2.05, 4.69) is 0 Å². The van der Waals surface area contributed by atoms with E-state index in [0.29, 0.717) is 36.0 Å². The van der Waals surface area contributed by atoms with Crippen LogP contribution in [-0.2, 0) is 9.53 Å². The third kappa shape index (κ3) is 4.54. The minimum Gasteiger partial charge on any atom is -0.508 e. The molecule has 32 heavy (non-hydrogen) atoms. The fraction of sp³-hybridized carbons (Fsp3) is 0.250. The Balaban J connectivity index is 1.40. The third-order valence-electron chi connectivity index (χ3n) is 5.07. The summed E-state index contributed by atoms with van der Waals surface area (Å²) in [5.74, 6) is 0.900. The van der Waals surface area contributed by atoms with E-state index in [1.807, 2.05) is 36.6 Å². The maximum absolute atomic E-state index is 12.7. The van der Waals surface area contributed by atoms with Crippen molar-refractivity contribution < 1.29 is 33.6 Å². The van der Waals surface area contributed by atoms with E-state index in [1.165, 1.54) is 24.3 Å².